The Bertz CT molecular complexity index is 460. The molecule has 1 saturated carbocycles. The van der Waals surface area contributed by atoms with Crippen LogP contribution in [0.4, 0.5) is 4.39 Å². The lowest BCUT2D eigenvalue weighted by atomic mass is 9.87. The predicted octanol–water partition coefficient (Wildman–Crippen LogP) is 4.35. The molecule has 1 aliphatic rings. The Balaban J connectivity index is 2.19. The summed E-state index contributed by atoms with van der Waals surface area (Å²) in [6.07, 6.45) is 6.40. The first-order valence-corrected chi connectivity index (χ1v) is 8.21. The van der Waals surface area contributed by atoms with Crippen molar-refractivity contribution in [3.63, 3.8) is 0 Å². The summed E-state index contributed by atoms with van der Waals surface area (Å²) in [6, 6.07) is 4.87. The van der Waals surface area contributed by atoms with Crippen molar-refractivity contribution in [1.82, 2.24) is 5.32 Å². The molecule has 0 spiro atoms. The van der Waals surface area contributed by atoms with Crippen molar-refractivity contribution in [2.45, 2.75) is 57.1 Å². The maximum atomic E-state index is 13.2. The highest BCUT2D eigenvalue weighted by Gasteiger charge is 2.41. The predicted molar refractivity (Wildman–Crippen MR) is 85.4 cm³/mol. The Morgan fingerprint density at radius 1 is 1.38 bits per heavy atom. The fraction of sp³-hybridized carbons (Fsp3) is 0.647. The molecular weight excluding hydrogens is 289 g/mol. The van der Waals surface area contributed by atoms with Gasteiger partial charge in [0.1, 0.15) is 5.82 Å². The van der Waals surface area contributed by atoms with E-state index in [1.165, 1.54) is 25.0 Å². The number of ether oxygens (including phenoxy) is 1. The van der Waals surface area contributed by atoms with Gasteiger partial charge in [0.15, 0.2) is 0 Å². The quantitative estimate of drug-likeness (QED) is 0.808. The van der Waals surface area contributed by atoms with Gasteiger partial charge >= 0.3 is 0 Å². The second kappa shape index (κ2) is 7.57. The number of hydrogen-bond acceptors (Lipinski definition) is 2. The molecule has 21 heavy (non-hydrogen) atoms. The molecular formula is C17H25ClFNO. The highest BCUT2D eigenvalue weighted by atomic mass is 35.5. The SMILES string of the molecule is CCCNC(Cc1ccc(F)cc1Cl)C1(OC)CCCC1. The summed E-state index contributed by atoms with van der Waals surface area (Å²) in [4.78, 5) is 0. The van der Waals surface area contributed by atoms with Crippen LogP contribution in [0.5, 0.6) is 0 Å². The van der Waals surface area contributed by atoms with Crippen molar-refractivity contribution in [2.24, 2.45) is 0 Å². The Kier molecular flexibility index (Phi) is 6.03. The number of nitrogens with one attached hydrogen (secondary N) is 1. The fourth-order valence-corrected chi connectivity index (χ4v) is 3.58. The maximum absolute atomic E-state index is 13.2. The molecule has 1 unspecified atom stereocenters. The molecule has 1 atom stereocenters. The molecule has 0 amide bonds. The number of benzene rings is 1. The smallest absolute Gasteiger partial charge is 0.124 e. The maximum Gasteiger partial charge on any atom is 0.124 e. The van der Waals surface area contributed by atoms with Crippen LogP contribution in [0.3, 0.4) is 0 Å². The molecule has 0 aliphatic heterocycles. The molecule has 1 fully saturated rings. The molecule has 0 saturated heterocycles. The van der Waals surface area contributed by atoms with Crippen LogP contribution in [-0.2, 0) is 11.2 Å². The number of rotatable bonds is 7. The Hall–Kier alpha value is -0.640. The second-order valence-corrected chi connectivity index (χ2v) is 6.33. The van der Waals surface area contributed by atoms with E-state index in [1.54, 1.807) is 13.2 Å². The fourth-order valence-electron chi connectivity index (χ4n) is 3.34. The summed E-state index contributed by atoms with van der Waals surface area (Å²) in [5.41, 5.74) is 0.863. The van der Waals surface area contributed by atoms with Crippen LogP contribution in [0.1, 0.15) is 44.6 Å². The Morgan fingerprint density at radius 2 is 2.10 bits per heavy atom. The first kappa shape index (κ1) is 16.7. The standard InChI is InChI=1S/C17H25ClFNO/c1-3-10-20-16(17(21-2)8-4-5-9-17)11-13-6-7-14(19)12-15(13)18/h6-7,12,16,20H,3-5,8-11H2,1-2H3. The zero-order valence-corrected chi connectivity index (χ0v) is 13.7. The van der Waals surface area contributed by atoms with Crippen LogP contribution in [0, 0.1) is 5.82 Å². The van der Waals surface area contributed by atoms with E-state index in [1.807, 2.05) is 0 Å². The van der Waals surface area contributed by atoms with E-state index in [0.29, 0.717) is 5.02 Å². The van der Waals surface area contributed by atoms with Gasteiger partial charge in [0, 0.05) is 18.2 Å². The first-order chi connectivity index (χ1) is 10.1. The zero-order valence-electron chi connectivity index (χ0n) is 12.9. The third kappa shape index (κ3) is 3.97. The van der Waals surface area contributed by atoms with E-state index in [4.69, 9.17) is 16.3 Å². The summed E-state index contributed by atoms with van der Waals surface area (Å²) in [7, 11) is 1.80. The Labute approximate surface area is 132 Å². The minimum Gasteiger partial charge on any atom is -0.377 e. The highest BCUT2D eigenvalue weighted by Crippen LogP contribution is 2.37. The van der Waals surface area contributed by atoms with Crippen molar-refractivity contribution in [3.8, 4) is 0 Å². The van der Waals surface area contributed by atoms with Gasteiger partial charge < -0.3 is 10.1 Å². The molecule has 1 aliphatic carbocycles. The minimum absolute atomic E-state index is 0.118. The van der Waals surface area contributed by atoms with Gasteiger partial charge in [0.25, 0.3) is 0 Å². The van der Waals surface area contributed by atoms with E-state index in [0.717, 1.165) is 37.8 Å². The largest absolute Gasteiger partial charge is 0.377 e. The normalized spacial score (nSPS) is 18.9. The van der Waals surface area contributed by atoms with Gasteiger partial charge in [0.05, 0.1) is 5.60 Å². The number of hydrogen-bond donors (Lipinski definition) is 1. The van der Waals surface area contributed by atoms with Gasteiger partial charge in [-0.25, -0.2) is 4.39 Å². The van der Waals surface area contributed by atoms with Crippen molar-refractivity contribution >= 4 is 11.6 Å². The topological polar surface area (TPSA) is 21.3 Å². The van der Waals surface area contributed by atoms with E-state index in [-0.39, 0.29) is 17.5 Å². The summed E-state index contributed by atoms with van der Waals surface area (Å²) in [6.45, 7) is 3.11. The van der Waals surface area contributed by atoms with Crippen molar-refractivity contribution in [1.29, 1.82) is 0 Å². The molecule has 0 heterocycles. The summed E-state index contributed by atoms with van der Waals surface area (Å²) in [5, 5.41) is 4.12. The third-order valence-corrected chi connectivity index (χ3v) is 4.92. The number of halogens is 2. The van der Waals surface area contributed by atoms with Crippen LogP contribution in [0.15, 0.2) is 18.2 Å². The lowest BCUT2D eigenvalue weighted by Crippen LogP contribution is -2.52. The lowest BCUT2D eigenvalue weighted by Gasteiger charge is -2.37. The van der Waals surface area contributed by atoms with E-state index in [9.17, 15) is 4.39 Å². The minimum atomic E-state index is -0.288. The molecule has 2 nitrogen and oxygen atoms in total. The van der Waals surface area contributed by atoms with Crippen LogP contribution >= 0.6 is 11.6 Å². The van der Waals surface area contributed by atoms with Gasteiger partial charge in [-0.1, -0.05) is 37.4 Å². The van der Waals surface area contributed by atoms with Crippen LogP contribution in [0.25, 0.3) is 0 Å². The molecule has 118 valence electrons. The molecule has 2 rings (SSSR count). The van der Waals surface area contributed by atoms with Gasteiger partial charge in [-0.3, -0.25) is 0 Å². The zero-order chi connectivity index (χ0) is 15.3. The molecule has 4 heteroatoms. The van der Waals surface area contributed by atoms with Gasteiger partial charge in [0.2, 0.25) is 0 Å². The highest BCUT2D eigenvalue weighted by molar-refractivity contribution is 6.31. The van der Waals surface area contributed by atoms with Gasteiger partial charge in [-0.15, -0.1) is 0 Å². The van der Waals surface area contributed by atoms with Crippen molar-refractivity contribution in [2.75, 3.05) is 13.7 Å². The summed E-state index contributed by atoms with van der Waals surface area (Å²) < 4.78 is 19.1. The van der Waals surface area contributed by atoms with Gasteiger partial charge in [-0.2, -0.15) is 0 Å². The molecule has 1 N–H and O–H groups in total. The lowest BCUT2D eigenvalue weighted by molar-refractivity contribution is -0.0354. The van der Waals surface area contributed by atoms with Crippen molar-refractivity contribution < 1.29 is 9.13 Å². The monoisotopic (exact) mass is 313 g/mol. The number of methoxy groups -OCH3 is 1. The van der Waals surface area contributed by atoms with Crippen LogP contribution < -0.4 is 5.32 Å². The van der Waals surface area contributed by atoms with Crippen LogP contribution in [0.2, 0.25) is 5.02 Å². The van der Waals surface area contributed by atoms with Gasteiger partial charge in [-0.05, 0) is 49.9 Å². The van der Waals surface area contributed by atoms with E-state index < -0.39 is 0 Å². The average molecular weight is 314 g/mol. The average Bonchev–Trinajstić information content (AvgIpc) is 2.95. The summed E-state index contributed by atoms with van der Waals surface area (Å²) in [5.74, 6) is -0.288. The first-order valence-electron chi connectivity index (χ1n) is 7.84. The molecule has 0 bridgehead atoms. The van der Waals surface area contributed by atoms with Crippen molar-refractivity contribution in [3.05, 3.63) is 34.6 Å². The molecule has 1 aromatic carbocycles. The molecule has 1 aromatic rings. The Morgan fingerprint density at radius 3 is 2.67 bits per heavy atom. The second-order valence-electron chi connectivity index (χ2n) is 5.92. The third-order valence-electron chi connectivity index (χ3n) is 4.57. The van der Waals surface area contributed by atoms with Crippen LogP contribution in [-0.4, -0.2) is 25.3 Å². The van der Waals surface area contributed by atoms with E-state index in [2.05, 4.69) is 12.2 Å². The molecule has 0 aromatic heterocycles. The summed E-state index contributed by atoms with van der Waals surface area (Å²) >= 11 is 6.19. The van der Waals surface area contributed by atoms with E-state index >= 15 is 0 Å². The molecule has 0 radical (unpaired) electrons.